The molecule has 4 rings (SSSR count). The fourth-order valence-electron chi connectivity index (χ4n) is 3.30. The molecular weight excluding hydrogens is 412 g/mol. The minimum absolute atomic E-state index is 0. The number of tetrazole rings is 1. The molecule has 3 aromatic heterocycles. The quantitative estimate of drug-likeness (QED) is 0.282. The fraction of sp³-hybridized carbons (Fsp3) is 0.625. The van der Waals surface area contributed by atoms with Crippen LogP contribution in [0, 0.1) is 0 Å². The summed E-state index contributed by atoms with van der Waals surface area (Å²) in [6.45, 7) is 0. The van der Waals surface area contributed by atoms with E-state index in [0.29, 0.717) is 22.7 Å². The van der Waals surface area contributed by atoms with E-state index >= 15 is 0 Å². The molecule has 0 aromatic carbocycles. The lowest BCUT2D eigenvalue weighted by molar-refractivity contribution is -0.429. The predicted octanol–water partition coefficient (Wildman–Crippen LogP) is -2.57. The smallest absolute Gasteiger partial charge is 0.167 e. The van der Waals surface area contributed by atoms with E-state index in [-0.39, 0.29) is 30.2 Å². The number of hydrogen-bond acceptors (Lipinski definition) is 10. The Bertz CT molecular complexity index is 954. The van der Waals surface area contributed by atoms with Crippen LogP contribution in [0.15, 0.2) is 12.7 Å². The van der Waals surface area contributed by atoms with Crippen LogP contribution >= 0.6 is 0 Å². The van der Waals surface area contributed by atoms with Gasteiger partial charge >= 0.3 is 0 Å². The Morgan fingerprint density at radius 1 is 1.33 bits per heavy atom. The van der Waals surface area contributed by atoms with E-state index in [0.717, 1.165) is 12.2 Å². The van der Waals surface area contributed by atoms with E-state index in [1.165, 1.54) is 12.7 Å². The highest BCUT2D eigenvalue weighted by Crippen LogP contribution is 2.32. The molecule has 14 heteroatoms. The molecule has 30 heavy (non-hydrogen) atoms. The lowest BCUT2D eigenvalue weighted by Gasteiger charge is -2.16. The summed E-state index contributed by atoms with van der Waals surface area (Å²) in [7, 11) is -0.0732. The number of nitrogen functional groups attached to an aromatic ring is 1. The number of imidazole rings is 1. The summed E-state index contributed by atoms with van der Waals surface area (Å²) in [5, 5.41) is 35.7. The van der Waals surface area contributed by atoms with Gasteiger partial charge in [0.15, 0.2) is 17.7 Å². The van der Waals surface area contributed by atoms with Crippen LogP contribution in [0.4, 0.5) is 5.82 Å². The van der Waals surface area contributed by atoms with Crippen molar-refractivity contribution >= 4 is 27.9 Å². The number of aliphatic hydroxyl groups excluding tert-OH is 2. The normalized spacial score (nSPS) is 25.9. The van der Waals surface area contributed by atoms with Crippen molar-refractivity contribution in [3.63, 3.8) is 0 Å². The van der Waals surface area contributed by atoms with E-state index in [2.05, 4.69) is 47.6 Å². The lowest BCUT2D eigenvalue weighted by Crippen LogP contribution is -2.54. The Morgan fingerprint density at radius 3 is 2.87 bits per heavy atom. The second-order valence-corrected chi connectivity index (χ2v) is 9.31. The number of aromatic nitrogens is 8. The summed E-state index contributed by atoms with van der Waals surface area (Å²) in [6.07, 6.45) is 2.22. The maximum absolute atomic E-state index is 10.5. The molecule has 1 aliphatic rings. The molecule has 0 spiro atoms. The number of hydrogen-bond donors (Lipinski definition) is 4. The number of nitrogens with two attached hydrogens (primary N) is 1. The summed E-state index contributed by atoms with van der Waals surface area (Å²) in [5.41, 5.74) is 10.7. The SMILES string of the molecule is C.C[S+](CC[C@H]([NH3+])c1nnn[n-]1)CC1O[C@@H](n2cnc3c(N)ncnc32)[C@H](O)[C@@H]1O. The lowest BCUT2D eigenvalue weighted by atomic mass is 10.1. The number of aliphatic hydroxyl groups is 2. The number of nitrogens with zero attached hydrogens (tertiary/aromatic N) is 8. The predicted molar refractivity (Wildman–Crippen MR) is 109 cm³/mol. The molecule has 0 aliphatic carbocycles. The zero-order valence-corrected chi connectivity index (χ0v) is 16.6. The molecule has 1 fully saturated rings. The largest absolute Gasteiger partial charge is 0.387 e. The van der Waals surface area contributed by atoms with Gasteiger partial charge in [0.05, 0.1) is 18.4 Å². The third kappa shape index (κ3) is 4.22. The van der Waals surface area contributed by atoms with Crippen LogP contribution in [0.5, 0.6) is 0 Å². The Kier molecular flexibility index (Phi) is 6.82. The number of rotatable bonds is 7. The standard InChI is InChI=1S/C15H22N10O3S.CH4/c1-29(3-2-7(16)13-21-23-24-22-13)4-8-10(26)11(27)15(28-8)25-6-20-9-12(17)18-5-19-14(9)25;/h5-8,10-11,15,26-27H,2-4,16H2,1H3,(H2-,17,18,19,21,22,23,24);1H4/p+1/t7-,8?,10+,11+,15+,29?;/m0./s1. The van der Waals surface area contributed by atoms with E-state index < -0.39 is 24.5 Å². The van der Waals surface area contributed by atoms with Gasteiger partial charge in [0.25, 0.3) is 0 Å². The molecule has 13 nitrogen and oxygen atoms in total. The van der Waals surface area contributed by atoms with Crippen molar-refractivity contribution in [2.75, 3.05) is 23.5 Å². The van der Waals surface area contributed by atoms with Gasteiger partial charge in [0.2, 0.25) is 0 Å². The van der Waals surface area contributed by atoms with Crippen molar-refractivity contribution < 1.29 is 20.7 Å². The molecule has 6 atom stereocenters. The van der Waals surface area contributed by atoms with Crippen molar-refractivity contribution in [3.8, 4) is 0 Å². The van der Waals surface area contributed by atoms with Crippen molar-refractivity contribution in [3.05, 3.63) is 18.5 Å². The molecule has 0 saturated carbocycles. The second kappa shape index (κ2) is 9.18. The molecule has 7 N–H and O–H groups in total. The first-order chi connectivity index (χ1) is 14.0. The number of anilines is 1. The topological polar surface area (TPSA) is 200 Å². The summed E-state index contributed by atoms with van der Waals surface area (Å²) in [4.78, 5) is 12.3. The highest BCUT2D eigenvalue weighted by molar-refractivity contribution is 7.96. The van der Waals surface area contributed by atoms with Gasteiger partial charge in [0.1, 0.15) is 47.7 Å². The monoisotopic (exact) mass is 439 g/mol. The van der Waals surface area contributed by atoms with Crippen molar-refractivity contribution in [1.82, 2.24) is 40.1 Å². The third-order valence-corrected chi connectivity index (χ3v) is 6.79. The third-order valence-electron chi connectivity index (χ3n) is 4.96. The summed E-state index contributed by atoms with van der Waals surface area (Å²) < 4.78 is 7.57. The van der Waals surface area contributed by atoms with Gasteiger partial charge in [-0.15, -0.1) is 0 Å². The van der Waals surface area contributed by atoms with Gasteiger partial charge < -0.3 is 31.5 Å². The molecule has 0 amide bonds. The van der Waals surface area contributed by atoms with Crippen LogP contribution in [0.25, 0.3) is 11.2 Å². The fourth-order valence-corrected chi connectivity index (χ4v) is 4.99. The molecule has 0 bridgehead atoms. The second-order valence-electron chi connectivity index (χ2n) is 7.00. The molecule has 4 heterocycles. The van der Waals surface area contributed by atoms with E-state index in [9.17, 15) is 10.2 Å². The first-order valence-corrected chi connectivity index (χ1v) is 11.0. The summed E-state index contributed by atoms with van der Waals surface area (Å²) in [6, 6.07) is -0.0878. The molecule has 3 aromatic rings. The van der Waals surface area contributed by atoms with Gasteiger partial charge in [-0.2, -0.15) is 5.21 Å². The Hall–Kier alpha value is -2.39. The van der Waals surface area contributed by atoms with Gasteiger partial charge in [-0.05, 0) is 10.9 Å². The first-order valence-electron chi connectivity index (χ1n) is 9.01. The maximum atomic E-state index is 10.5. The van der Waals surface area contributed by atoms with Crippen LogP contribution in [0.3, 0.4) is 0 Å². The zero-order chi connectivity index (χ0) is 20.5. The molecular formula is C16H27N10O3S+. The number of fused-ring (bicyclic) bond motifs is 1. The molecule has 0 radical (unpaired) electrons. The average Bonchev–Trinajstić information content (AvgIpc) is 3.43. The molecule has 1 aliphatic heterocycles. The van der Waals surface area contributed by atoms with E-state index in [4.69, 9.17) is 10.5 Å². The summed E-state index contributed by atoms with van der Waals surface area (Å²) in [5.74, 6) is 2.23. The molecule has 164 valence electrons. The number of ether oxygens (including phenoxy) is 1. The van der Waals surface area contributed by atoms with Gasteiger partial charge in [0, 0.05) is 6.42 Å². The Labute approximate surface area is 175 Å². The Balaban J connectivity index is 0.00000256. The van der Waals surface area contributed by atoms with Crippen molar-refractivity contribution in [2.24, 2.45) is 0 Å². The minimum atomic E-state index is -1.11. The van der Waals surface area contributed by atoms with Crippen LogP contribution in [-0.4, -0.2) is 81.3 Å². The van der Waals surface area contributed by atoms with Crippen molar-refractivity contribution in [1.29, 1.82) is 0 Å². The van der Waals surface area contributed by atoms with Gasteiger partial charge in [-0.3, -0.25) is 14.9 Å². The molecule has 1 saturated heterocycles. The number of quaternary nitrogens is 1. The van der Waals surface area contributed by atoms with Crippen LogP contribution in [-0.2, 0) is 15.6 Å². The Morgan fingerprint density at radius 2 is 2.13 bits per heavy atom. The van der Waals surface area contributed by atoms with Gasteiger partial charge in [-0.25, -0.2) is 15.0 Å². The summed E-state index contributed by atoms with van der Waals surface area (Å²) >= 11 is 0. The maximum Gasteiger partial charge on any atom is 0.167 e. The van der Waals surface area contributed by atoms with Crippen LogP contribution in [0.1, 0.15) is 31.9 Å². The van der Waals surface area contributed by atoms with Crippen LogP contribution < -0.4 is 16.6 Å². The van der Waals surface area contributed by atoms with Crippen molar-refractivity contribution in [2.45, 2.75) is 44.4 Å². The average molecular weight is 440 g/mol. The van der Waals surface area contributed by atoms with E-state index in [1.807, 2.05) is 0 Å². The van der Waals surface area contributed by atoms with Crippen LogP contribution in [0.2, 0.25) is 0 Å². The zero-order valence-electron chi connectivity index (χ0n) is 15.7. The molecule has 2 unspecified atom stereocenters. The highest BCUT2D eigenvalue weighted by Gasteiger charge is 2.46. The van der Waals surface area contributed by atoms with E-state index in [1.54, 1.807) is 4.57 Å². The van der Waals surface area contributed by atoms with Gasteiger partial charge in [-0.1, -0.05) is 7.43 Å². The first kappa shape index (κ1) is 22.3. The minimum Gasteiger partial charge on any atom is -0.387 e. The highest BCUT2D eigenvalue weighted by atomic mass is 32.2.